The fourth-order valence-corrected chi connectivity index (χ4v) is 1.69. The Morgan fingerprint density at radius 3 is 2.71 bits per heavy atom. The van der Waals surface area contributed by atoms with Gasteiger partial charge in [0.15, 0.2) is 0 Å². The van der Waals surface area contributed by atoms with Gasteiger partial charge in [-0.25, -0.2) is 0 Å². The molecule has 0 unspecified atom stereocenters. The monoisotopic (exact) mass is 188 g/mol. The van der Waals surface area contributed by atoms with Gasteiger partial charge >= 0.3 is 0 Å². The molecule has 1 aromatic heterocycles. The van der Waals surface area contributed by atoms with E-state index < -0.39 is 0 Å². The molecule has 0 aliphatic rings. The van der Waals surface area contributed by atoms with E-state index >= 15 is 0 Å². The van der Waals surface area contributed by atoms with Crippen LogP contribution in [0.15, 0.2) is 29.4 Å². The van der Waals surface area contributed by atoms with Crippen molar-refractivity contribution in [3.05, 3.63) is 35.5 Å². The number of aromatic nitrogens is 1. The Kier molecular flexibility index (Phi) is 2.00. The largest absolute Gasteiger partial charge is 0.411 e. The molecule has 0 fully saturated rings. The summed E-state index contributed by atoms with van der Waals surface area (Å²) in [6.45, 7) is 3.79. The molecular formula is C11H12N2O. The average Bonchev–Trinajstić information content (AvgIpc) is 2.56. The maximum Gasteiger partial charge on any atom is 0.100 e. The lowest BCUT2D eigenvalue weighted by atomic mass is 10.1. The molecule has 14 heavy (non-hydrogen) atoms. The van der Waals surface area contributed by atoms with Gasteiger partial charge in [0.1, 0.15) is 5.71 Å². The molecular weight excluding hydrogens is 176 g/mol. The number of nitrogens with zero attached hydrogens (tertiary/aromatic N) is 1. The first-order valence-electron chi connectivity index (χ1n) is 4.50. The first-order valence-corrected chi connectivity index (χ1v) is 4.50. The fraction of sp³-hybridized carbons (Fsp3) is 0.182. The molecule has 0 atom stereocenters. The van der Waals surface area contributed by atoms with Crippen LogP contribution in [-0.4, -0.2) is 15.9 Å². The fourth-order valence-electron chi connectivity index (χ4n) is 1.69. The van der Waals surface area contributed by atoms with Crippen molar-refractivity contribution in [2.45, 2.75) is 13.8 Å². The Bertz CT molecular complexity index is 497. The van der Waals surface area contributed by atoms with Crippen molar-refractivity contribution in [3.8, 4) is 0 Å². The number of oxime groups is 1. The Labute approximate surface area is 82.1 Å². The Hall–Kier alpha value is -1.77. The number of nitrogens with one attached hydrogen (secondary N) is 1. The molecule has 0 aliphatic carbocycles. The van der Waals surface area contributed by atoms with Crippen LogP contribution in [0.4, 0.5) is 0 Å². The Morgan fingerprint density at radius 1 is 1.36 bits per heavy atom. The molecule has 0 saturated heterocycles. The molecule has 72 valence electrons. The van der Waals surface area contributed by atoms with Gasteiger partial charge in [0, 0.05) is 10.9 Å². The van der Waals surface area contributed by atoms with Crippen LogP contribution in [0.2, 0.25) is 0 Å². The summed E-state index contributed by atoms with van der Waals surface area (Å²) in [5, 5.41) is 13.1. The first kappa shape index (κ1) is 8.81. The molecule has 0 amide bonds. The molecule has 0 radical (unpaired) electrons. The third kappa shape index (κ3) is 1.18. The van der Waals surface area contributed by atoms with E-state index in [0.29, 0.717) is 5.71 Å². The number of aryl methyl sites for hydroxylation is 1. The van der Waals surface area contributed by atoms with Gasteiger partial charge in [-0.05, 0) is 25.5 Å². The minimum absolute atomic E-state index is 0.610. The van der Waals surface area contributed by atoms with Crippen LogP contribution in [0.25, 0.3) is 10.9 Å². The van der Waals surface area contributed by atoms with Crippen molar-refractivity contribution in [2.75, 3.05) is 0 Å². The SMILES string of the molecule is C/C(=N/O)c1[nH]c2ccccc2c1C. The maximum atomic E-state index is 8.71. The molecule has 1 aromatic carbocycles. The average molecular weight is 188 g/mol. The minimum atomic E-state index is 0.610. The van der Waals surface area contributed by atoms with E-state index in [9.17, 15) is 0 Å². The van der Waals surface area contributed by atoms with E-state index in [1.807, 2.05) is 25.1 Å². The quantitative estimate of drug-likeness (QED) is 0.403. The number of para-hydroxylation sites is 1. The topological polar surface area (TPSA) is 48.4 Å². The van der Waals surface area contributed by atoms with E-state index in [0.717, 1.165) is 16.8 Å². The number of fused-ring (bicyclic) bond motifs is 1. The summed E-state index contributed by atoms with van der Waals surface area (Å²) in [6.07, 6.45) is 0. The van der Waals surface area contributed by atoms with E-state index in [-0.39, 0.29) is 0 Å². The summed E-state index contributed by atoms with van der Waals surface area (Å²) in [5.41, 5.74) is 3.70. The highest BCUT2D eigenvalue weighted by Crippen LogP contribution is 2.21. The molecule has 3 nitrogen and oxygen atoms in total. The van der Waals surface area contributed by atoms with Crippen LogP contribution in [0.5, 0.6) is 0 Å². The summed E-state index contributed by atoms with van der Waals surface area (Å²) in [5.74, 6) is 0. The molecule has 2 N–H and O–H groups in total. The second-order valence-corrected chi connectivity index (χ2v) is 3.36. The van der Waals surface area contributed by atoms with Crippen molar-refractivity contribution < 1.29 is 5.21 Å². The lowest BCUT2D eigenvalue weighted by Crippen LogP contribution is -1.96. The van der Waals surface area contributed by atoms with Crippen LogP contribution in [0, 0.1) is 6.92 Å². The molecule has 2 aromatic rings. The summed E-state index contributed by atoms with van der Waals surface area (Å²) < 4.78 is 0. The molecule has 2 rings (SSSR count). The zero-order valence-electron chi connectivity index (χ0n) is 8.20. The highest BCUT2D eigenvalue weighted by Gasteiger charge is 2.08. The zero-order valence-corrected chi connectivity index (χ0v) is 8.20. The lowest BCUT2D eigenvalue weighted by molar-refractivity contribution is 0.319. The first-order chi connectivity index (χ1) is 6.74. The van der Waals surface area contributed by atoms with Gasteiger partial charge in [0.05, 0.1) is 5.69 Å². The standard InChI is InChI=1S/C11H12N2O/c1-7-9-5-3-4-6-10(9)12-11(7)8(2)13-14/h3-6,12,14H,1-2H3/b13-8-. The number of benzene rings is 1. The van der Waals surface area contributed by atoms with E-state index in [1.54, 1.807) is 6.92 Å². The second-order valence-electron chi connectivity index (χ2n) is 3.36. The van der Waals surface area contributed by atoms with E-state index in [2.05, 4.69) is 16.2 Å². The predicted molar refractivity (Wildman–Crippen MR) is 57.0 cm³/mol. The van der Waals surface area contributed by atoms with Gasteiger partial charge in [-0.15, -0.1) is 0 Å². The number of H-pyrrole nitrogens is 1. The van der Waals surface area contributed by atoms with Gasteiger partial charge in [-0.3, -0.25) is 0 Å². The summed E-state index contributed by atoms with van der Waals surface area (Å²) in [4.78, 5) is 3.22. The van der Waals surface area contributed by atoms with Crippen molar-refractivity contribution in [1.82, 2.24) is 4.98 Å². The predicted octanol–water partition coefficient (Wildman–Crippen LogP) is 2.67. The minimum Gasteiger partial charge on any atom is -0.411 e. The molecule has 3 heteroatoms. The highest BCUT2D eigenvalue weighted by molar-refractivity contribution is 6.03. The molecule has 0 bridgehead atoms. The van der Waals surface area contributed by atoms with E-state index in [4.69, 9.17) is 5.21 Å². The Morgan fingerprint density at radius 2 is 2.07 bits per heavy atom. The van der Waals surface area contributed by atoms with Gasteiger partial charge in [-0.1, -0.05) is 23.4 Å². The van der Waals surface area contributed by atoms with Crippen LogP contribution in [-0.2, 0) is 0 Å². The molecule has 1 heterocycles. The van der Waals surface area contributed by atoms with Gasteiger partial charge in [0.25, 0.3) is 0 Å². The highest BCUT2D eigenvalue weighted by atomic mass is 16.4. The van der Waals surface area contributed by atoms with Gasteiger partial charge in [0.2, 0.25) is 0 Å². The normalized spacial score (nSPS) is 12.3. The second kappa shape index (κ2) is 3.18. The van der Waals surface area contributed by atoms with Crippen molar-refractivity contribution >= 4 is 16.6 Å². The zero-order chi connectivity index (χ0) is 10.1. The number of hydrogen-bond acceptors (Lipinski definition) is 2. The Balaban J connectivity index is 2.75. The van der Waals surface area contributed by atoms with Crippen LogP contribution < -0.4 is 0 Å². The van der Waals surface area contributed by atoms with Crippen LogP contribution >= 0.6 is 0 Å². The smallest absolute Gasteiger partial charge is 0.100 e. The maximum absolute atomic E-state index is 8.71. The summed E-state index contributed by atoms with van der Waals surface area (Å²) >= 11 is 0. The molecule has 0 aliphatic heterocycles. The van der Waals surface area contributed by atoms with E-state index in [1.165, 1.54) is 5.39 Å². The van der Waals surface area contributed by atoms with Crippen molar-refractivity contribution in [2.24, 2.45) is 5.16 Å². The summed E-state index contributed by atoms with van der Waals surface area (Å²) in [6, 6.07) is 8.04. The third-order valence-electron chi connectivity index (χ3n) is 2.48. The summed E-state index contributed by atoms with van der Waals surface area (Å²) in [7, 11) is 0. The van der Waals surface area contributed by atoms with Gasteiger partial charge in [-0.2, -0.15) is 0 Å². The molecule has 0 saturated carbocycles. The lowest BCUT2D eigenvalue weighted by Gasteiger charge is -1.95. The van der Waals surface area contributed by atoms with Crippen LogP contribution in [0.3, 0.4) is 0 Å². The van der Waals surface area contributed by atoms with Crippen molar-refractivity contribution in [1.29, 1.82) is 0 Å². The third-order valence-corrected chi connectivity index (χ3v) is 2.48. The number of rotatable bonds is 1. The van der Waals surface area contributed by atoms with Gasteiger partial charge < -0.3 is 10.2 Å². The molecule has 0 spiro atoms. The number of hydrogen-bond donors (Lipinski definition) is 2. The number of aromatic amines is 1. The van der Waals surface area contributed by atoms with Crippen molar-refractivity contribution in [3.63, 3.8) is 0 Å². The van der Waals surface area contributed by atoms with Crippen LogP contribution in [0.1, 0.15) is 18.2 Å².